The van der Waals surface area contributed by atoms with Crippen LogP contribution in [0.25, 0.3) is 44.4 Å². The molecule has 0 atom stereocenters. The molecule has 182 valence electrons. The number of pyridine rings is 1. The molecule has 0 aliphatic rings. The van der Waals surface area contributed by atoms with Crippen molar-refractivity contribution in [3.8, 4) is 22.6 Å². The third-order valence-electron chi connectivity index (χ3n) is 5.86. The summed E-state index contributed by atoms with van der Waals surface area (Å²) in [7, 11) is 0. The van der Waals surface area contributed by atoms with Gasteiger partial charge in [0, 0.05) is 27.6 Å². The molecule has 3 aromatic heterocycles. The predicted octanol–water partition coefficient (Wildman–Crippen LogP) is 6.09. The number of nitrogens with one attached hydrogen (secondary N) is 1. The Hall–Kier alpha value is -3.69. The summed E-state index contributed by atoms with van der Waals surface area (Å²) in [5.41, 5.74) is 0.207. The predicted molar refractivity (Wildman–Crippen MR) is 146 cm³/mol. The van der Waals surface area contributed by atoms with Gasteiger partial charge in [-0.1, -0.05) is 81.9 Å². The zero-order chi connectivity index (χ0) is 25.8. The Morgan fingerprint density at radius 1 is 0.838 bits per heavy atom. The zero-order valence-corrected chi connectivity index (χ0v) is 21.4. The highest BCUT2D eigenvalue weighted by Crippen LogP contribution is 2.32. The Morgan fingerprint density at radius 3 is 2.46 bits per heavy atom. The molecule has 37 heavy (non-hydrogen) atoms. The monoisotopic (exact) mass is 568 g/mol. The molecule has 0 fully saturated rings. The van der Waals surface area contributed by atoms with Crippen molar-refractivity contribution in [3.63, 3.8) is 0 Å². The van der Waals surface area contributed by atoms with E-state index in [0.29, 0.717) is 37.7 Å². The van der Waals surface area contributed by atoms with Gasteiger partial charge < -0.3 is 4.98 Å². The van der Waals surface area contributed by atoms with E-state index in [9.17, 15) is 9.59 Å². The van der Waals surface area contributed by atoms with E-state index in [4.69, 9.17) is 46.4 Å². The largest absolute Gasteiger partial charge is 0.333 e. The molecular formula is C25H12Cl4N6O2. The number of hydrogen-bond acceptors (Lipinski definition) is 5. The smallest absolute Gasteiger partial charge is 0.304 e. The minimum absolute atomic E-state index is 0.00763. The topological polar surface area (TPSA) is 98.5 Å². The summed E-state index contributed by atoms with van der Waals surface area (Å²) < 4.78 is 2.30. The standard InChI is InChI=1S/C25H12Cl4N6O2/c26-14-8-18(29)22-19(9-14)35(33-32-22)23-21(12-5-6-16(27)17(28)7-12)31-25(37)34(24(23)36)20-11-30-10-13-3-1-2-4-15(13)20/h1-11H,(H,31,37). The van der Waals surface area contributed by atoms with Crippen LogP contribution in [0.2, 0.25) is 20.1 Å². The highest BCUT2D eigenvalue weighted by Gasteiger charge is 2.23. The van der Waals surface area contributed by atoms with Gasteiger partial charge in [0.25, 0.3) is 5.56 Å². The minimum Gasteiger partial charge on any atom is -0.304 e. The molecule has 0 radical (unpaired) electrons. The average Bonchev–Trinajstić information content (AvgIpc) is 3.29. The van der Waals surface area contributed by atoms with Crippen molar-refractivity contribution in [1.82, 2.24) is 29.5 Å². The van der Waals surface area contributed by atoms with E-state index in [2.05, 4.69) is 20.3 Å². The maximum absolute atomic E-state index is 14.2. The number of aromatic nitrogens is 6. The number of hydrogen-bond donors (Lipinski definition) is 1. The molecule has 1 N–H and O–H groups in total. The van der Waals surface area contributed by atoms with Crippen molar-refractivity contribution >= 4 is 68.2 Å². The number of H-pyrrole nitrogens is 1. The Balaban J connectivity index is 1.76. The lowest BCUT2D eigenvalue weighted by Crippen LogP contribution is -2.37. The van der Waals surface area contributed by atoms with Crippen molar-refractivity contribution in [2.75, 3.05) is 0 Å². The fourth-order valence-corrected chi connectivity index (χ4v) is 5.02. The molecule has 6 aromatic rings. The van der Waals surface area contributed by atoms with Gasteiger partial charge in [-0.25, -0.2) is 14.0 Å². The number of fused-ring (bicyclic) bond motifs is 2. The van der Waals surface area contributed by atoms with Gasteiger partial charge in [0.05, 0.1) is 38.2 Å². The number of benzene rings is 3. The summed E-state index contributed by atoms with van der Waals surface area (Å²) in [6.45, 7) is 0. The minimum atomic E-state index is -0.687. The third kappa shape index (κ3) is 3.89. The maximum Gasteiger partial charge on any atom is 0.333 e. The normalized spacial score (nSPS) is 11.5. The van der Waals surface area contributed by atoms with Crippen molar-refractivity contribution in [2.24, 2.45) is 0 Å². The lowest BCUT2D eigenvalue weighted by Gasteiger charge is -2.14. The van der Waals surface area contributed by atoms with E-state index in [1.54, 1.807) is 36.5 Å². The van der Waals surface area contributed by atoms with E-state index < -0.39 is 11.2 Å². The van der Waals surface area contributed by atoms with Gasteiger partial charge >= 0.3 is 5.69 Å². The van der Waals surface area contributed by atoms with Crippen LogP contribution in [-0.2, 0) is 0 Å². The SMILES string of the molecule is O=c1[nH]c(-c2ccc(Cl)c(Cl)c2)c(-n2nnc3c(Cl)cc(Cl)cc32)c(=O)n1-c1cncc2ccccc12. The second-order valence-electron chi connectivity index (χ2n) is 8.06. The second kappa shape index (κ2) is 9.00. The maximum atomic E-state index is 14.2. The Labute approximate surface area is 227 Å². The molecule has 0 unspecified atom stereocenters. The van der Waals surface area contributed by atoms with Crippen LogP contribution in [0.1, 0.15) is 0 Å². The Kier molecular flexibility index (Phi) is 5.77. The van der Waals surface area contributed by atoms with Gasteiger partial charge in [0.2, 0.25) is 0 Å². The molecule has 0 spiro atoms. The summed E-state index contributed by atoms with van der Waals surface area (Å²) in [6.07, 6.45) is 3.10. The van der Waals surface area contributed by atoms with Gasteiger partial charge in [-0.2, -0.15) is 0 Å². The first-order valence-electron chi connectivity index (χ1n) is 10.7. The summed E-state index contributed by atoms with van der Waals surface area (Å²) in [6, 6.07) is 15.1. The van der Waals surface area contributed by atoms with Crippen LogP contribution in [0, 0.1) is 0 Å². The fraction of sp³-hybridized carbons (Fsp3) is 0. The van der Waals surface area contributed by atoms with E-state index in [1.807, 2.05) is 18.2 Å². The molecule has 0 saturated heterocycles. The molecule has 12 heteroatoms. The van der Waals surface area contributed by atoms with Crippen LogP contribution in [0.15, 0.2) is 76.6 Å². The highest BCUT2D eigenvalue weighted by atomic mass is 35.5. The quantitative estimate of drug-likeness (QED) is 0.278. The van der Waals surface area contributed by atoms with Crippen LogP contribution in [0.5, 0.6) is 0 Å². The highest BCUT2D eigenvalue weighted by molar-refractivity contribution is 6.42. The van der Waals surface area contributed by atoms with Gasteiger partial charge in [-0.15, -0.1) is 5.10 Å². The summed E-state index contributed by atoms with van der Waals surface area (Å²) >= 11 is 25.0. The van der Waals surface area contributed by atoms with Crippen molar-refractivity contribution in [2.45, 2.75) is 0 Å². The number of nitrogens with zero attached hydrogens (tertiary/aromatic N) is 5. The number of rotatable bonds is 3. The van der Waals surface area contributed by atoms with Crippen LogP contribution < -0.4 is 11.2 Å². The first-order valence-corrected chi connectivity index (χ1v) is 12.2. The van der Waals surface area contributed by atoms with Crippen LogP contribution >= 0.6 is 46.4 Å². The number of halogens is 4. The zero-order valence-electron chi connectivity index (χ0n) is 18.4. The van der Waals surface area contributed by atoms with E-state index in [1.165, 1.54) is 16.9 Å². The molecular weight excluding hydrogens is 558 g/mol. The summed E-state index contributed by atoms with van der Waals surface area (Å²) in [5, 5.41) is 10.9. The molecule has 8 nitrogen and oxygen atoms in total. The molecule has 3 aromatic carbocycles. The fourth-order valence-electron chi connectivity index (χ4n) is 4.20. The molecule has 0 saturated carbocycles. The molecule has 0 aliphatic heterocycles. The van der Waals surface area contributed by atoms with Gasteiger partial charge in [0.1, 0.15) is 5.52 Å². The van der Waals surface area contributed by atoms with Crippen molar-refractivity contribution in [1.29, 1.82) is 0 Å². The third-order valence-corrected chi connectivity index (χ3v) is 7.10. The van der Waals surface area contributed by atoms with E-state index >= 15 is 0 Å². The van der Waals surface area contributed by atoms with Crippen molar-refractivity contribution < 1.29 is 0 Å². The first-order chi connectivity index (χ1) is 17.8. The Bertz CT molecular complexity index is 1990. The Morgan fingerprint density at radius 2 is 1.65 bits per heavy atom. The summed E-state index contributed by atoms with van der Waals surface area (Å²) in [4.78, 5) is 34.7. The molecule has 6 rings (SSSR count). The molecule has 3 heterocycles. The van der Waals surface area contributed by atoms with Crippen LogP contribution in [-0.4, -0.2) is 29.5 Å². The lowest BCUT2D eigenvalue weighted by atomic mass is 10.1. The van der Waals surface area contributed by atoms with Crippen molar-refractivity contribution in [3.05, 3.63) is 108 Å². The molecule has 0 bridgehead atoms. The van der Waals surface area contributed by atoms with Gasteiger partial charge in [0.15, 0.2) is 5.69 Å². The van der Waals surface area contributed by atoms with Crippen LogP contribution in [0.4, 0.5) is 0 Å². The van der Waals surface area contributed by atoms with E-state index in [-0.39, 0.29) is 21.4 Å². The lowest BCUT2D eigenvalue weighted by molar-refractivity contribution is 0.779. The number of aromatic amines is 1. The molecule has 0 aliphatic carbocycles. The first kappa shape index (κ1) is 23.7. The average molecular weight is 570 g/mol. The van der Waals surface area contributed by atoms with Gasteiger partial charge in [-0.3, -0.25) is 9.78 Å². The summed E-state index contributed by atoms with van der Waals surface area (Å²) in [5.74, 6) is 0. The second-order valence-corrected chi connectivity index (χ2v) is 9.72. The van der Waals surface area contributed by atoms with Crippen LogP contribution in [0.3, 0.4) is 0 Å². The van der Waals surface area contributed by atoms with E-state index in [0.717, 1.165) is 9.95 Å². The molecule has 0 amide bonds. The van der Waals surface area contributed by atoms with Gasteiger partial charge in [-0.05, 0) is 24.3 Å².